The number of rotatable bonds is 16. The van der Waals surface area contributed by atoms with Gasteiger partial charge in [0, 0.05) is 13.0 Å². The van der Waals surface area contributed by atoms with Gasteiger partial charge in [0.1, 0.15) is 0 Å². The van der Waals surface area contributed by atoms with Crippen LogP contribution >= 0.6 is 0 Å². The van der Waals surface area contributed by atoms with Crippen LogP contribution in [0.2, 0.25) is 0 Å². The van der Waals surface area contributed by atoms with Gasteiger partial charge in [-0.3, -0.25) is 10.2 Å². The van der Waals surface area contributed by atoms with E-state index in [1.54, 1.807) is 0 Å². The molecular weight excluding hydrogens is 320 g/mol. The molecule has 1 atom stereocenters. The summed E-state index contributed by atoms with van der Waals surface area (Å²) in [6.45, 7) is 2.53. The average molecular weight is 357 g/mol. The molecule has 0 aromatic carbocycles. The Hall–Kier alpha value is -1.63. The number of hydrogen-bond acceptors (Lipinski definition) is 4. The largest absolute Gasteiger partial charge is 0.480 e. The maximum Gasteiger partial charge on any atom is 0.331 e. The molecule has 0 fully saturated rings. The zero-order valence-electron chi connectivity index (χ0n) is 15.6. The average Bonchev–Trinajstić information content (AvgIpc) is 2.56. The van der Waals surface area contributed by atoms with Crippen LogP contribution in [0.3, 0.4) is 0 Å². The van der Waals surface area contributed by atoms with Crippen molar-refractivity contribution in [1.82, 2.24) is 5.32 Å². The highest BCUT2D eigenvalue weighted by Gasteiger charge is 2.40. The predicted octanol–water partition coefficient (Wildman–Crippen LogP) is 2.52. The molecule has 0 bridgehead atoms. The number of unbranched alkanes of at least 4 members (excludes halogenated alkanes) is 8. The molecule has 0 spiro atoms. The number of ketones is 1. The van der Waals surface area contributed by atoms with E-state index in [2.05, 4.69) is 12.2 Å². The lowest BCUT2D eigenvalue weighted by Crippen LogP contribution is -2.55. The third kappa shape index (κ3) is 10.8. The van der Waals surface area contributed by atoms with Gasteiger partial charge in [-0.15, -0.1) is 0 Å². The Morgan fingerprint density at radius 1 is 1.00 bits per heavy atom. The van der Waals surface area contributed by atoms with Crippen molar-refractivity contribution < 1.29 is 14.7 Å². The first-order chi connectivity index (χ1) is 11.8. The predicted molar refractivity (Wildman–Crippen MR) is 101 cm³/mol. The van der Waals surface area contributed by atoms with Gasteiger partial charge in [0.2, 0.25) is 0 Å². The number of carboxylic acid groups (broad SMARTS) is 1. The lowest BCUT2D eigenvalue weighted by atomic mass is 9.87. The van der Waals surface area contributed by atoms with E-state index in [1.165, 1.54) is 38.5 Å². The normalized spacial score (nSPS) is 13.2. The molecule has 0 amide bonds. The molecule has 0 saturated heterocycles. The van der Waals surface area contributed by atoms with Gasteiger partial charge in [0.05, 0.1) is 0 Å². The van der Waals surface area contributed by atoms with Gasteiger partial charge < -0.3 is 21.9 Å². The van der Waals surface area contributed by atoms with Crippen molar-refractivity contribution in [2.75, 3.05) is 6.54 Å². The summed E-state index contributed by atoms with van der Waals surface area (Å²) in [5.41, 5.74) is 9.17. The Kier molecular flexibility index (Phi) is 12.7. The van der Waals surface area contributed by atoms with Crippen LogP contribution in [0.1, 0.15) is 84.0 Å². The van der Waals surface area contributed by atoms with Crippen LogP contribution < -0.4 is 16.8 Å². The minimum absolute atomic E-state index is 0.0406. The molecule has 0 rings (SSSR count). The SMILES string of the molecule is CCCCCCCCCCCC(=O)[C@](N)(CCCNC(=N)N)C(=O)O. The molecule has 7 N–H and O–H groups in total. The van der Waals surface area contributed by atoms with Gasteiger partial charge in [-0.05, 0) is 19.3 Å². The Labute approximate surface area is 151 Å². The summed E-state index contributed by atoms with van der Waals surface area (Å²) in [5.74, 6) is -1.87. The number of guanidine groups is 1. The maximum atomic E-state index is 12.2. The fraction of sp³-hybridized carbons (Fsp3) is 0.833. The third-order valence-electron chi connectivity index (χ3n) is 4.45. The topological polar surface area (TPSA) is 142 Å². The van der Waals surface area contributed by atoms with E-state index in [4.69, 9.17) is 16.9 Å². The Morgan fingerprint density at radius 3 is 2.00 bits per heavy atom. The number of Topliss-reactive ketones (excluding diaryl/α,β-unsaturated/α-hetero) is 1. The van der Waals surface area contributed by atoms with Crippen LogP contribution in [0.4, 0.5) is 0 Å². The summed E-state index contributed by atoms with van der Waals surface area (Å²) in [7, 11) is 0. The molecule has 146 valence electrons. The monoisotopic (exact) mass is 356 g/mol. The molecule has 7 heteroatoms. The highest BCUT2D eigenvalue weighted by Crippen LogP contribution is 2.17. The molecule has 0 saturated carbocycles. The van der Waals surface area contributed by atoms with Crippen molar-refractivity contribution in [2.45, 2.75) is 89.5 Å². The fourth-order valence-electron chi connectivity index (χ4n) is 2.78. The number of hydrogen-bond donors (Lipinski definition) is 5. The quantitative estimate of drug-likeness (QED) is 0.124. The first-order valence-corrected chi connectivity index (χ1v) is 9.48. The van der Waals surface area contributed by atoms with Crippen molar-refractivity contribution in [1.29, 1.82) is 5.41 Å². The maximum absolute atomic E-state index is 12.2. The second kappa shape index (κ2) is 13.6. The highest BCUT2D eigenvalue weighted by atomic mass is 16.4. The molecule has 0 unspecified atom stereocenters. The summed E-state index contributed by atoms with van der Waals surface area (Å²) >= 11 is 0. The molecule has 0 aliphatic rings. The Morgan fingerprint density at radius 2 is 1.52 bits per heavy atom. The van der Waals surface area contributed by atoms with Gasteiger partial charge >= 0.3 is 5.97 Å². The van der Waals surface area contributed by atoms with Crippen LogP contribution in [0.5, 0.6) is 0 Å². The third-order valence-corrected chi connectivity index (χ3v) is 4.45. The lowest BCUT2D eigenvalue weighted by molar-refractivity contribution is -0.148. The number of carbonyl (C=O) groups is 2. The molecule has 0 aromatic rings. The van der Waals surface area contributed by atoms with Gasteiger partial charge in [-0.25, -0.2) is 4.79 Å². The molecule has 0 aliphatic heterocycles. The van der Waals surface area contributed by atoms with Crippen molar-refractivity contribution in [3.05, 3.63) is 0 Å². The molecule has 7 nitrogen and oxygen atoms in total. The summed E-state index contributed by atoms with van der Waals surface area (Å²) in [4.78, 5) is 23.7. The fourth-order valence-corrected chi connectivity index (χ4v) is 2.78. The number of carboxylic acids is 1. The summed E-state index contributed by atoms with van der Waals surface area (Å²) in [6.07, 6.45) is 10.8. The van der Waals surface area contributed by atoms with E-state index in [9.17, 15) is 14.7 Å². The summed E-state index contributed by atoms with van der Waals surface area (Å²) in [6, 6.07) is 0. The van der Waals surface area contributed by atoms with Crippen molar-refractivity contribution in [3.63, 3.8) is 0 Å². The van der Waals surface area contributed by atoms with Crippen molar-refractivity contribution in [2.24, 2.45) is 11.5 Å². The molecule has 0 heterocycles. The van der Waals surface area contributed by atoms with Crippen molar-refractivity contribution >= 4 is 17.7 Å². The second-order valence-electron chi connectivity index (χ2n) is 6.72. The molecular formula is C18H36N4O3. The summed E-state index contributed by atoms with van der Waals surface area (Å²) < 4.78 is 0. The second-order valence-corrected chi connectivity index (χ2v) is 6.72. The van der Waals surface area contributed by atoms with Crippen LogP contribution in [-0.4, -0.2) is 34.9 Å². The van der Waals surface area contributed by atoms with E-state index < -0.39 is 17.3 Å². The lowest BCUT2D eigenvalue weighted by Gasteiger charge is -2.23. The van der Waals surface area contributed by atoms with E-state index in [-0.39, 0.29) is 18.8 Å². The van der Waals surface area contributed by atoms with Crippen molar-refractivity contribution in [3.8, 4) is 0 Å². The van der Waals surface area contributed by atoms with Crippen LogP contribution in [-0.2, 0) is 9.59 Å². The van der Waals surface area contributed by atoms with E-state index in [1.807, 2.05) is 0 Å². The number of aliphatic carboxylic acids is 1. The molecule has 0 aromatic heterocycles. The van der Waals surface area contributed by atoms with Crippen LogP contribution in [0, 0.1) is 5.41 Å². The van der Waals surface area contributed by atoms with E-state index in [0.29, 0.717) is 19.4 Å². The smallest absolute Gasteiger partial charge is 0.331 e. The molecule has 0 radical (unpaired) electrons. The number of nitrogens with one attached hydrogen (secondary N) is 2. The first-order valence-electron chi connectivity index (χ1n) is 9.48. The molecule has 25 heavy (non-hydrogen) atoms. The number of nitrogens with two attached hydrogens (primary N) is 2. The van der Waals surface area contributed by atoms with Gasteiger partial charge in [0.15, 0.2) is 17.3 Å². The highest BCUT2D eigenvalue weighted by molar-refractivity contribution is 6.07. The first kappa shape index (κ1) is 23.4. The van der Waals surface area contributed by atoms with E-state index >= 15 is 0 Å². The Bertz CT molecular complexity index is 415. The van der Waals surface area contributed by atoms with Gasteiger partial charge in [-0.1, -0.05) is 58.3 Å². The summed E-state index contributed by atoms with van der Waals surface area (Å²) in [5, 5.41) is 18.9. The number of carbonyl (C=O) groups excluding carboxylic acids is 1. The zero-order valence-corrected chi connectivity index (χ0v) is 15.6. The van der Waals surface area contributed by atoms with E-state index in [0.717, 1.165) is 12.8 Å². The molecule has 0 aliphatic carbocycles. The van der Waals surface area contributed by atoms with Crippen LogP contribution in [0.25, 0.3) is 0 Å². The van der Waals surface area contributed by atoms with Gasteiger partial charge in [-0.2, -0.15) is 0 Å². The van der Waals surface area contributed by atoms with Gasteiger partial charge in [0.25, 0.3) is 0 Å². The minimum atomic E-state index is -1.83. The van der Waals surface area contributed by atoms with Crippen LogP contribution in [0.15, 0.2) is 0 Å². The zero-order chi connectivity index (χ0) is 19.1. The Balaban J connectivity index is 3.99. The minimum Gasteiger partial charge on any atom is -0.480 e. The standard InChI is InChI=1S/C18H36N4O3/c1-2-3-4-5-6-7-8-9-10-12-15(23)18(21,16(24)25)13-11-14-22-17(19)20/h2-14,21H2,1H3,(H,24,25)(H4,19,20,22)/t18-/m1/s1.